The van der Waals surface area contributed by atoms with Gasteiger partial charge in [0.2, 0.25) is 6.29 Å². The van der Waals surface area contributed by atoms with Crippen molar-refractivity contribution in [3.05, 3.63) is 0 Å². The summed E-state index contributed by atoms with van der Waals surface area (Å²) in [6.45, 7) is 7.21. The summed E-state index contributed by atoms with van der Waals surface area (Å²) in [5.41, 5.74) is 0. The zero-order chi connectivity index (χ0) is 11.1. The molecule has 0 spiro atoms. The van der Waals surface area contributed by atoms with Gasteiger partial charge in [-0.2, -0.15) is 0 Å². The second kappa shape index (κ2) is 6.23. The Labute approximate surface area is 83.8 Å². The predicted octanol–water partition coefficient (Wildman–Crippen LogP) is 1.28. The number of hydrogen-bond donors (Lipinski definition) is 1. The summed E-state index contributed by atoms with van der Waals surface area (Å²) in [6.07, 6.45) is -1.42. The fourth-order valence-corrected chi connectivity index (χ4v) is 0.738. The standard InChI is InChI=1S/C9H17NO4/c1-6(2)5-10-9(12)14-8(4)13-7(3)11/h6,8H,5H2,1-4H3,(H,10,12). The summed E-state index contributed by atoms with van der Waals surface area (Å²) in [7, 11) is 0. The molecule has 82 valence electrons. The molecular weight excluding hydrogens is 186 g/mol. The van der Waals surface area contributed by atoms with Crippen LogP contribution in [0.1, 0.15) is 27.7 Å². The molecule has 0 rings (SSSR count). The Bertz CT molecular complexity index is 203. The maximum Gasteiger partial charge on any atom is 0.410 e. The Morgan fingerprint density at radius 2 is 1.79 bits per heavy atom. The molecule has 0 aromatic carbocycles. The van der Waals surface area contributed by atoms with Crippen LogP contribution in [-0.2, 0) is 14.3 Å². The average molecular weight is 203 g/mol. The Kier molecular flexibility index (Phi) is 5.67. The van der Waals surface area contributed by atoms with Crippen LogP contribution in [0.4, 0.5) is 4.79 Å². The van der Waals surface area contributed by atoms with E-state index in [1.807, 2.05) is 13.8 Å². The van der Waals surface area contributed by atoms with Crippen LogP contribution >= 0.6 is 0 Å². The first-order valence-electron chi connectivity index (χ1n) is 4.53. The van der Waals surface area contributed by atoms with E-state index in [0.29, 0.717) is 12.5 Å². The maximum atomic E-state index is 11.0. The van der Waals surface area contributed by atoms with Crippen molar-refractivity contribution in [2.45, 2.75) is 34.0 Å². The topological polar surface area (TPSA) is 64.6 Å². The molecule has 0 aromatic rings. The Balaban J connectivity index is 3.66. The fraction of sp³-hybridized carbons (Fsp3) is 0.778. The summed E-state index contributed by atoms with van der Waals surface area (Å²) < 4.78 is 9.32. The predicted molar refractivity (Wildman–Crippen MR) is 50.5 cm³/mol. The lowest BCUT2D eigenvalue weighted by atomic mass is 10.2. The summed E-state index contributed by atoms with van der Waals surface area (Å²) in [6, 6.07) is 0. The second-order valence-electron chi connectivity index (χ2n) is 3.36. The number of nitrogens with one attached hydrogen (secondary N) is 1. The van der Waals surface area contributed by atoms with Gasteiger partial charge in [0, 0.05) is 20.4 Å². The van der Waals surface area contributed by atoms with Crippen LogP contribution in [0.25, 0.3) is 0 Å². The van der Waals surface area contributed by atoms with Crippen molar-refractivity contribution in [3.63, 3.8) is 0 Å². The third-order valence-electron chi connectivity index (χ3n) is 1.26. The van der Waals surface area contributed by atoms with Crippen molar-refractivity contribution in [2.24, 2.45) is 5.92 Å². The molecule has 0 aliphatic rings. The molecule has 0 aliphatic carbocycles. The molecule has 1 amide bonds. The Morgan fingerprint density at radius 3 is 2.21 bits per heavy atom. The third-order valence-corrected chi connectivity index (χ3v) is 1.26. The molecule has 14 heavy (non-hydrogen) atoms. The lowest BCUT2D eigenvalue weighted by molar-refractivity contribution is -0.162. The monoisotopic (exact) mass is 203 g/mol. The fourth-order valence-electron chi connectivity index (χ4n) is 0.738. The molecule has 0 saturated carbocycles. The van der Waals surface area contributed by atoms with E-state index in [9.17, 15) is 9.59 Å². The van der Waals surface area contributed by atoms with Crippen molar-refractivity contribution in [3.8, 4) is 0 Å². The van der Waals surface area contributed by atoms with E-state index in [4.69, 9.17) is 4.74 Å². The number of alkyl carbamates (subject to hydrolysis) is 1. The average Bonchev–Trinajstić information content (AvgIpc) is 1.98. The number of rotatable bonds is 4. The minimum atomic E-state index is -0.848. The summed E-state index contributed by atoms with van der Waals surface area (Å²) in [5.74, 6) is -0.124. The van der Waals surface area contributed by atoms with Crippen LogP contribution in [0.3, 0.4) is 0 Å². The minimum Gasteiger partial charge on any atom is -0.426 e. The van der Waals surface area contributed by atoms with Gasteiger partial charge in [-0.1, -0.05) is 13.8 Å². The molecule has 0 heterocycles. The smallest absolute Gasteiger partial charge is 0.410 e. The Morgan fingerprint density at radius 1 is 1.21 bits per heavy atom. The molecule has 0 saturated heterocycles. The third kappa shape index (κ3) is 7.39. The first-order valence-corrected chi connectivity index (χ1v) is 4.53. The number of amides is 1. The molecule has 0 bridgehead atoms. The van der Waals surface area contributed by atoms with Gasteiger partial charge in [0.1, 0.15) is 0 Å². The highest BCUT2D eigenvalue weighted by Gasteiger charge is 2.10. The molecule has 1 atom stereocenters. The van der Waals surface area contributed by atoms with Crippen molar-refractivity contribution < 1.29 is 19.1 Å². The molecule has 5 heteroatoms. The molecular formula is C9H17NO4. The van der Waals surface area contributed by atoms with E-state index in [1.165, 1.54) is 13.8 Å². The van der Waals surface area contributed by atoms with Crippen molar-refractivity contribution in [2.75, 3.05) is 6.54 Å². The van der Waals surface area contributed by atoms with Gasteiger partial charge in [-0.25, -0.2) is 4.79 Å². The van der Waals surface area contributed by atoms with Crippen LogP contribution in [0, 0.1) is 5.92 Å². The zero-order valence-corrected chi connectivity index (χ0v) is 8.99. The van der Waals surface area contributed by atoms with E-state index in [1.54, 1.807) is 0 Å². The normalized spacial score (nSPS) is 12.1. The summed E-state index contributed by atoms with van der Waals surface area (Å²) in [4.78, 5) is 21.5. The lowest BCUT2D eigenvalue weighted by Crippen LogP contribution is -2.32. The number of carbonyl (C=O) groups is 2. The molecule has 1 N–H and O–H groups in total. The highest BCUT2D eigenvalue weighted by Crippen LogP contribution is 1.95. The van der Waals surface area contributed by atoms with Crippen molar-refractivity contribution in [1.29, 1.82) is 0 Å². The lowest BCUT2D eigenvalue weighted by Gasteiger charge is -2.14. The quantitative estimate of drug-likeness (QED) is 0.552. The van der Waals surface area contributed by atoms with Gasteiger partial charge in [-0.05, 0) is 5.92 Å². The number of esters is 1. The van der Waals surface area contributed by atoms with Crippen LogP contribution in [0.15, 0.2) is 0 Å². The van der Waals surface area contributed by atoms with Gasteiger partial charge in [0.15, 0.2) is 0 Å². The number of carbonyl (C=O) groups excluding carboxylic acids is 2. The van der Waals surface area contributed by atoms with Gasteiger partial charge in [-0.15, -0.1) is 0 Å². The van der Waals surface area contributed by atoms with Crippen LogP contribution in [0.2, 0.25) is 0 Å². The van der Waals surface area contributed by atoms with Crippen LogP contribution in [-0.4, -0.2) is 24.9 Å². The summed E-state index contributed by atoms with van der Waals surface area (Å²) in [5, 5.41) is 2.53. The number of ether oxygens (including phenoxy) is 2. The van der Waals surface area contributed by atoms with Crippen LogP contribution in [0.5, 0.6) is 0 Å². The Hall–Kier alpha value is -1.26. The van der Waals surface area contributed by atoms with E-state index >= 15 is 0 Å². The van der Waals surface area contributed by atoms with Gasteiger partial charge < -0.3 is 14.8 Å². The second-order valence-corrected chi connectivity index (χ2v) is 3.36. The summed E-state index contributed by atoms with van der Waals surface area (Å²) >= 11 is 0. The van der Waals surface area contributed by atoms with Crippen molar-refractivity contribution >= 4 is 12.1 Å². The van der Waals surface area contributed by atoms with E-state index in [-0.39, 0.29) is 0 Å². The molecule has 0 aromatic heterocycles. The SMILES string of the molecule is CC(=O)OC(C)OC(=O)NCC(C)C. The zero-order valence-electron chi connectivity index (χ0n) is 8.99. The van der Waals surface area contributed by atoms with Gasteiger partial charge in [0.05, 0.1) is 0 Å². The van der Waals surface area contributed by atoms with Gasteiger partial charge in [0.25, 0.3) is 0 Å². The first kappa shape index (κ1) is 12.7. The maximum absolute atomic E-state index is 11.0. The highest BCUT2D eigenvalue weighted by atomic mass is 16.7. The molecule has 5 nitrogen and oxygen atoms in total. The largest absolute Gasteiger partial charge is 0.426 e. The van der Waals surface area contributed by atoms with Crippen molar-refractivity contribution in [1.82, 2.24) is 5.32 Å². The molecule has 0 fully saturated rings. The minimum absolute atomic E-state index is 0.353. The number of hydrogen-bond acceptors (Lipinski definition) is 4. The molecule has 1 unspecified atom stereocenters. The van der Waals surface area contributed by atoms with E-state index in [2.05, 4.69) is 10.1 Å². The van der Waals surface area contributed by atoms with E-state index < -0.39 is 18.4 Å². The molecule has 0 aliphatic heterocycles. The van der Waals surface area contributed by atoms with Crippen LogP contribution < -0.4 is 5.32 Å². The van der Waals surface area contributed by atoms with Gasteiger partial charge in [-0.3, -0.25) is 4.79 Å². The molecule has 0 radical (unpaired) electrons. The first-order chi connectivity index (χ1) is 6.41. The highest BCUT2D eigenvalue weighted by molar-refractivity contribution is 5.68. The van der Waals surface area contributed by atoms with E-state index in [0.717, 1.165) is 0 Å². The van der Waals surface area contributed by atoms with Gasteiger partial charge >= 0.3 is 12.1 Å².